The van der Waals surface area contributed by atoms with Crippen LogP contribution in [0, 0.1) is 5.82 Å². The lowest BCUT2D eigenvalue weighted by atomic mass is 10.1. The Kier molecular flexibility index (Phi) is 5.25. The fraction of sp³-hybridized carbons (Fsp3) is 0.176. The van der Waals surface area contributed by atoms with Crippen LogP contribution in [0.1, 0.15) is 12.5 Å². The number of para-hydroxylation sites is 1. The molecule has 0 saturated carbocycles. The SMILES string of the molecule is CC(NC(=O)Cc1ccccc1)C(=O)Nc1ccccc1F. The number of nitrogens with one attached hydrogen (secondary N) is 2. The molecule has 4 nitrogen and oxygen atoms in total. The van der Waals surface area contributed by atoms with Gasteiger partial charge in [0.15, 0.2) is 0 Å². The maximum absolute atomic E-state index is 13.5. The van der Waals surface area contributed by atoms with E-state index in [1.54, 1.807) is 13.0 Å². The Morgan fingerprint density at radius 3 is 2.36 bits per heavy atom. The van der Waals surface area contributed by atoms with E-state index in [4.69, 9.17) is 0 Å². The molecule has 2 N–H and O–H groups in total. The van der Waals surface area contributed by atoms with Crippen molar-refractivity contribution >= 4 is 17.5 Å². The summed E-state index contributed by atoms with van der Waals surface area (Å²) >= 11 is 0. The molecule has 0 spiro atoms. The summed E-state index contributed by atoms with van der Waals surface area (Å²) < 4.78 is 13.5. The van der Waals surface area contributed by atoms with Crippen molar-refractivity contribution in [2.24, 2.45) is 0 Å². The molecule has 0 aliphatic rings. The molecule has 22 heavy (non-hydrogen) atoms. The van der Waals surface area contributed by atoms with Gasteiger partial charge in [0.1, 0.15) is 11.9 Å². The van der Waals surface area contributed by atoms with Crippen LogP contribution >= 0.6 is 0 Å². The summed E-state index contributed by atoms with van der Waals surface area (Å²) in [4.78, 5) is 23.8. The van der Waals surface area contributed by atoms with Gasteiger partial charge in [0.05, 0.1) is 12.1 Å². The largest absolute Gasteiger partial charge is 0.344 e. The molecule has 2 aromatic rings. The first-order valence-corrected chi connectivity index (χ1v) is 6.95. The van der Waals surface area contributed by atoms with E-state index < -0.39 is 17.8 Å². The average molecular weight is 300 g/mol. The molecule has 0 aliphatic carbocycles. The first kappa shape index (κ1) is 15.7. The van der Waals surface area contributed by atoms with E-state index in [0.717, 1.165) is 5.56 Å². The van der Waals surface area contributed by atoms with Gasteiger partial charge in [0.25, 0.3) is 0 Å². The smallest absolute Gasteiger partial charge is 0.246 e. The lowest BCUT2D eigenvalue weighted by Crippen LogP contribution is -2.42. The molecule has 2 rings (SSSR count). The first-order chi connectivity index (χ1) is 10.6. The van der Waals surface area contributed by atoms with Crippen LogP contribution in [0.4, 0.5) is 10.1 Å². The fourth-order valence-corrected chi connectivity index (χ4v) is 1.94. The minimum atomic E-state index is -0.754. The molecule has 0 radical (unpaired) electrons. The Morgan fingerprint density at radius 1 is 1.05 bits per heavy atom. The summed E-state index contributed by atoms with van der Waals surface area (Å²) in [5, 5.41) is 5.04. The van der Waals surface area contributed by atoms with Gasteiger partial charge in [-0.3, -0.25) is 9.59 Å². The summed E-state index contributed by atoms with van der Waals surface area (Å²) in [6.45, 7) is 1.55. The van der Waals surface area contributed by atoms with Crippen LogP contribution in [0.5, 0.6) is 0 Å². The van der Waals surface area contributed by atoms with Crippen LogP contribution in [-0.2, 0) is 16.0 Å². The summed E-state index contributed by atoms with van der Waals surface area (Å²) in [5.74, 6) is -1.24. The van der Waals surface area contributed by atoms with Gasteiger partial charge in [-0.05, 0) is 24.6 Å². The lowest BCUT2D eigenvalue weighted by molar-refractivity contribution is -0.125. The molecule has 5 heteroatoms. The average Bonchev–Trinajstić information content (AvgIpc) is 2.50. The van der Waals surface area contributed by atoms with E-state index >= 15 is 0 Å². The third kappa shape index (κ3) is 4.41. The first-order valence-electron chi connectivity index (χ1n) is 6.95. The Morgan fingerprint density at radius 2 is 1.68 bits per heavy atom. The van der Waals surface area contributed by atoms with E-state index in [1.165, 1.54) is 18.2 Å². The maximum atomic E-state index is 13.5. The van der Waals surface area contributed by atoms with Crippen LogP contribution in [0.2, 0.25) is 0 Å². The van der Waals surface area contributed by atoms with E-state index in [1.807, 2.05) is 30.3 Å². The molecule has 1 atom stereocenters. The minimum Gasteiger partial charge on any atom is -0.344 e. The van der Waals surface area contributed by atoms with E-state index in [-0.39, 0.29) is 18.0 Å². The standard InChI is InChI=1S/C17H17FN2O2/c1-12(17(22)20-15-10-6-5-9-14(15)18)19-16(21)11-13-7-3-2-4-8-13/h2-10,12H,11H2,1H3,(H,19,21)(H,20,22). The molecule has 0 bridgehead atoms. The molecular weight excluding hydrogens is 283 g/mol. The highest BCUT2D eigenvalue weighted by Crippen LogP contribution is 2.12. The van der Waals surface area contributed by atoms with Crippen molar-refractivity contribution in [2.75, 3.05) is 5.32 Å². The van der Waals surface area contributed by atoms with Crippen LogP contribution in [0.15, 0.2) is 54.6 Å². The predicted octanol–water partition coefficient (Wildman–Crippen LogP) is 2.51. The van der Waals surface area contributed by atoms with Gasteiger partial charge in [-0.15, -0.1) is 0 Å². The fourth-order valence-electron chi connectivity index (χ4n) is 1.94. The monoisotopic (exact) mass is 300 g/mol. The second-order valence-electron chi connectivity index (χ2n) is 4.92. The number of anilines is 1. The zero-order valence-electron chi connectivity index (χ0n) is 12.2. The number of carbonyl (C=O) groups is 2. The molecule has 0 aromatic heterocycles. The molecule has 2 aromatic carbocycles. The van der Waals surface area contributed by atoms with Crippen molar-refractivity contribution in [1.82, 2.24) is 5.32 Å². The molecule has 114 valence electrons. The van der Waals surface area contributed by atoms with Gasteiger partial charge in [0.2, 0.25) is 11.8 Å². The zero-order valence-corrected chi connectivity index (χ0v) is 12.2. The van der Waals surface area contributed by atoms with Crippen molar-refractivity contribution in [3.05, 3.63) is 66.0 Å². The summed E-state index contributed by atoms with van der Waals surface area (Å²) in [6.07, 6.45) is 0.193. The number of hydrogen-bond acceptors (Lipinski definition) is 2. The molecular formula is C17H17FN2O2. The highest BCUT2D eigenvalue weighted by Gasteiger charge is 2.16. The number of rotatable bonds is 5. The molecule has 1 unspecified atom stereocenters. The van der Waals surface area contributed by atoms with Gasteiger partial charge in [-0.25, -0.2) is 4.39 Å². The topological polar surface area (TPSA) is 58.2 Å². The Balaban J connectivity index is 1.88. The maximum Gasteiger partial charge on any atom is 0.246 e. The summed E-state index contributed by atoms with van der Waals surface area (Å²) in [6, 6.07) is 14.4. The zero-order chi connectivity index (χ0) is 15.9. The summed E-state index contributed by atoms with van der Waals surface area (Å²) in [7, 11) is 0. The lowest BCUT2D eigenvalue weighted by Gasteiger charge is -2.14. The van der Waals surface area contributed by atoms with E-state index in [9.17, 15) is 14.0 Å². The third-order valence-corrected chi connectivity index (χ3v) is 3.11. The quantitative estimate of drug-likeness (QED) is 0.891. The number of amides is 2. The predicted molar refractivity (Wildman–Crippen MR) is 82.8 cm³/mol. The molecule has 0 aliphatic heterocycles. The molecule has 0 heterocycles. The highest BCUT2D eigenvalue weighted by molar-refractivity contribution is 5.97. The number of carbonyl (C=O) groups excluding carboxylic acids is 2. The normalized spacial score (nSPS) is 11.5. The van der Waals surface area contributed by atoms with Crippen molar-refractivity contribution < 1.29 is 14.0 Å². The van der Waals surface area contributed by atoms with Crippen molar-refractivity contribution in [1.29, 1.82) is 0 Å². The van der Waals surface area contributed by atoms with Crippen LogP contribution in [0.3, 0.4) is 0 Å². The highest BCUT2D eigenvalue weighted by atomic mass is 19.1. The second kappa shape index (κ2) is 7.36. The van der Waals surface area contributed by atoms with Crippen LogP contribution < -0.4 is 10.6 Å². The summed E-state index contributed by atoms with van der Waals surface area (Å²) in [5.41, 5.74) is 0.957. The van der Waals surface area contributed by atoms with Crippen molar-refractivity contribution in [3.8, 4) is 0 Å². The number of benzene rings is 2. The van der Waals surface area contributed by atoms with Gasteiger partial charge >= 0.3 is 0 Å². The number of hydrogen-bond donors (Lipinski definition) is 2. The Labute approximate surface area is 128 Å². The molecule has 0 saturated heterocycles. The van der Waals surface area contributed by atoms with Gasteiger partial charge in [0, 0.05) is 0 Å². The second-order valence-corrected chi connectivity index (χ2v) is 4.92. The van der Waals surface area contributed by atoms with Crippen LogP contribution in [0.25, 0.3) is 0 Å². The van der Waals surface area contributed by atoms with Crippen molar-refractivity contribution in [3.63, 3.8) is 0 Å². The van der Waals surface area contributed by atoms with Gasteiger partial charge < -0.3 is 10.6 Å². The molecule has 0 fully saturated rings. The molecule has 2 amide bonds. The van der Waals surface area contributed by atoms with Crippen LogP contribution in [-0.4, -0.2) is 17.9 Å². The van der Waals surface area contributed by atoms with Gasteiger partial charge in [-0.2, -0.15) is 0 Å². The third-order valence-electron chi connectivity index (χ3n) is 3.11. The Bertz CT molecular complexity index is 659. The number of halogens is 1. The van der Waals surface area contributed by atoms with E-state index in [0.29, 0.717) is 0 Å². The Hall–Kier alpha value is -2.69. The van der Waals surface area contributed by atoms with Crippen molar-refractivity contribution in [2.45, 2.75) is 19.4 Å². The van der Waals surface area contributed by atoms with E-state index in [2.05, 4.69) is 10.6 Å². The minimum absolute atomic E-state index is 0.0941. The van der Waals surface area contributed by atoms with Gasteiger partial charge in [-0.1, -0.05) is 42.5 Å².